The van der Waals surface area contributed by atoms with Crippen molar-refractivity contribution in [3.8, 4) is 11.3 Å². The van der Waals surface area contributed by atoms with Crippen LogP contribution in [-0.4, -0.2) is 24.3 Å². The van der Waals surface area contributed by atoms with Gasteiger partial charge in [-0.15, -0.1) is 0 Å². The van der Waals surface area contributed by atoms with Crippen molar-refractivity contribution in [1.29, 1.82) is 0 Å². The number of hydrogen-bond donors (Lipinski definition) is 1. The van der Waals surface area contributed by atoms with Crippen LogP contribution in [0.2, 0.25) is 0 Å². The van der Waals surface area contributed by atoms with Gasteiger partial charge in [0.1, 0.15) is 4.64 Å². The Hall–Kier alpha value is -1.68. The molecule has 1 aromatic heterocycles. The average molecular weight is 259 g/mol. The van der Waals surface area contributed by atoms with E-state index in [2.05, 4.69) is 46.3 Å². The van der Waals surface area contributed by atoms with Crippen LogP contribution in [-0.2, 0) is 0 Å². The molecule has 0 atom stereocenters. The van der Waals surface area contributed by atoms with Crippen LogP contribution < -0.4 is 4.90 Å². The molecule has 1 N–H and O–H groups in total. The van der Waals surface area contributed by atoms with Crippen LogP contribution in [0.1, 0.15) is 11.1 Å². The van der Waals surface area contributed by atoms with Crippen LogP contribution in [0.15, 0.2) is 24.3 Å². The third-order valence-corrected chi connectivity index (χ3v) is 3.58. The molecule has 94 valence electrons. The van der Waals surface area contributed by atoms with Gasteiger partial charge in [-0.1, -0.05) is 24.4 Å². The van der Waals surface area contributed by atoms with Crippen molar-refractivity contribution in [2.75, 3.05) is 19.0 Å². The highest BCUT2D eigenvalue weighted by Crippen LogP contribution is 2.24. The van der Waals surface area contributed by atoms with Crippen LogP contribution in [0.25, 0.3) is 11.3 Å². The topological polar surface area (TPSA) is 31.9 Å². The molecule has 2 rings (SSSR count). The van der Waals surface area contributed by atoms with E-state index in [9.17, 15) is 0 Å². The fraction of sp³-hybridized carbons (Fsp3) is 0.286. The summed E-state index contributed by atoms with van der Waals surface area (Å²) >= 11 is 5.18. The monoisotopic (exact) mass is 259 g/mol. The summed E-state index contributed by atoms with van der Waals surface area (Å²) in [5.41, 5.74) is 5.47. The Morgan fingerprint density at radius 3 is 2.22 bits per heavy atom. The molecule has 2 aromatic rings. The van der Waals surface area contributed by atoms with E-state index in [1.165, 1.54) is 5.69 Å². The highest BCUT2D eigenvalue weighted by atomic mass is 32.1. The molecule has 0 unspecified atom stereocenters. The summed E-state index contributed by atoms with van der Waals surface area (Å²) in [5, 5.41) is 7.24. The molecule has 1 heterocycles. The standard InChI is InChI=1S/C14H17N3S/c1-9-10(2)14(18)16-15-13(9)11-5-7-12(8-6-11)17(3)4/h5-8H,1-4H3,(H,16,18). The van der Waals surface area contributed by atoms with Crippen molar-refractivity contribution < 1.29 is 0 Å². The van der Waals surface area contributed by atoms with E-state index in [-0.39, 0.29) is 0 Å². The van der Waals surface area contributed by atoms with E-state index in [1.807, 2.05) is 21.0 Å². The molecular formula is C14H17N3S. The molecule has 0 fully saturated rings. The van der Waals surface area contributed by atoms with Crippen LogP contribution >= 0.6 is 12.2 Å². The number of hydrogen-bond acceptors (Lipinski definition) is 3. The Morgan fingerprint density at radius 2 is 1.67 bits per heavy atom. The third kappa shape index (κ3) is 2.29. The molecule has 0 saturated carbocycles. The minimum absolute atomic E-state index is 0.709. The van der Waals surface area contributed by atoms with E-state index in [0.717, 1.165) is 22.4 Å². The summed E-state index contributed by atoms with van der Waals surface area (Å²) in [6, 6.07) is 8.35. The number of H-pyrrole nitrogens is 1. The average Bonchev–Trinajstić information content (AvgIpc) is 2.36. The van der Waals surface area contributed by atoms with Gasteiger partial charge in [-0.25, -0.2) is 0 Å². The summed E-state index contributed by atoms with van der Waals surface area (Å²) in [6.07, 6.45) is 0. The zero-order chi connectivity index (χ0) is 13.3. The van der Waals surface area contributed by atoms with Crippen LogP contribution in [0.5, 0.6) is 0 Å². The van der Waals surface area contributed by atoms with Gasteiger partial charge in [-0.3, -0.25) is 5.10 Å². The lowest BCUT2D eigenvalue weighted by molar-refractivity contribution is 0.987. The largest absolute Gasteiger partial charge is 0.378 e. The second-order valence-electron chi connectivity index (χ2n) is 4.59. The van der Waals surface area contributed by atoms with Gasteiger partial charge in [-0.05, 0) is 37.1 Å². The first-order valence-corrected chi connectivity index (χ1v) is 6.25. The number of anilines is 1. The molecule has 3 nitrogen and oxygen atoms in total. The normalized spacial score (nSPS) is 10.4. The number of rotatable bonds is 2. The molecule has 0 radical (unpaired) electrons. The minimum Gasteiger partial charge on any atom is -0.378 e. The van der Waals surface area contributed by atoms with E-state index in [4.69, 9.17) is 12.2 Å². The van der Waals surface area contributed by atoms with Crippen LogP contribution in [0, 0.1) is 18.5 Å². The SMILES string of the molecule is Cc1c(-c2ccc(N(C)C)cc2)n[nH]c(=S)c1C. The van der Waals surface area contributed by atoms with E-state index >= 15 is 0 Å². The van der Waals surface area contributed by atoms with Gasteiger partial charge < -0.3 is 4.90 Å². The third-order valence-electron chi connectivity index (χ3n) is 3.18. The highest BCUT2D eigenvalue weighted by Gasteiger charge is 2.07. The van der Waals surface area contributed by atoms with Gasteiger partial charge in [0.05, 0.1) is 5.69 Å². The molecule has 0 saturated heterocycles. The maximum absolute atomic E-state index is 5.18. The zero-order valence-corrected chi connectivity index (χ0v) is 11.9. The fourth-order valence-electron chi connectivity index (χ4n) is 1.82. The number of benzene rings is 1. The number of nitrogens with zero attached hydrogens (tertiary/aromatic N) is 2. The lowest BCUT2D eigenvalue weighted by Crippen LogP contribution is -2.08. The number of nitrogens with one attached hydrogen (secondary N) is 1. The summed E-state index contributed by atoms with van der Waals surface area (Å²) in [7, 11) is 4.06. The molecule has 0 aliphatic carbocycles. The molecule has 0 amide bonds. The van der Waals surface area contributed by atoms with Gasteiger partial charge in [0.2, 0.25) is 0 Å². The fourth-order valence-corrected chi connectivity index (χ4v) is 2.02. The summed E-state index contributed by atoms with van der Waals surface area (Å²) in [6.45, 7) is 4.08. The van der Waals surface area contributed by atoms with E-state index in [0.29, 0.717) is 4.64 Å². The van der Waals surface area contributed by atoms with Crippen molar-refractivity contribution in [3.63, 3.8) is 0 Å². The molecule has 0 aliphatic rings. The Morgan fingerprint density at radius 1 is 1.06 bits per heavy atom. The van der Waals surface area contributed by atoms with Gasteiger partial charge >= 0.3 is 0 Å². The predicted octanol–water partition coefficient (Wildman–Crippen LogP) is 3.49. The van der Waals surface area contributed by atoms with Gasteiger partial charge in [0.25, 0.3) is 0 Å². The second kappa shape index (κ2) is 4.90. The van der Waals surface area contributed by atoms with Crippen molar-refractivity contribution in [1.82, 2.24) is 10.2 Å². The Kier molecular flexibility index (Phi) is 3.48. The second-order valence-corrected chi connectivity index (χ2v) is 5.00. The molecule has 0 bridgehead atoms. The Bertz CT molecular complexity index is 612. The molecule has 4 heteroatoms. The van der Waals surface area contributed by atoms with E-state index < -0.39 is 0 Å². The predicted molar refractivity (Wildman–Crippen MR) is 78.7 cm³/mol. The molecule has 18 heavy (non-hydrogen) atoms. The van der Waals surface area contributed by atoms with Gasteiger partial charge in [-0.2, -0.15) is 5.10 Å². The van der Waals surface area contributed by atoms with Crippen molar-refractivity contribution in [3.05, 3.63) is 40.0 Å². The maximum Gasteiger partial charge on any atom is 0.122 e. The van der Waals surface area contributed by atoms with Crippen LogP contribution in [0.3, 0.4) is 0 Å². The smallest absolute Gasteiger partial charge is 0.122 e. The number of aromatic amines is 1. The summed E-state index contributed by atoms with van der Waals surface area (Å²) in [4.78, 5) is 2.08. The first kappa shape index (κ1) is 12.8. The Balaban J connectivity index is 2.49. The molecular weight excluding hydrogens is 242 g/mol. The Labute approximate surface area is 112 Å². The molecule has 0 aliphatic heterocycles. The summed E-state index contributed by atoms with van der Waals surface area (Å²) < 4.78 is 0.709. The quantitative estimate of drug-likeness (QED) is 0.838. The maximum atomic E-state index is 5.18. The zero-order valence-electron chi connectivity index (χ0n) is 11.1. The van der Waals surface area contributed by atoms with Crippen molar-refractivity contribution >= 4 is 17.9 Å². The number of aromatic nitrogens is 2. The van der Waals surface area contributed by atoms with Crippen molar-refractivity contribution in [2.24, 2.45) is 0 Å². The first-order valence-electron chi connectivity index (χ1n) is 5.84. The van der Waals surface area contributed by atoms with E-state index in [1.54, 1.807) is 0 Å². The molecule has 0 spiro atoms. The lowest BCUT2D eigenvalue weighted by Gasteiger charge is -2.13. The minimum atomic E-state index is 0.709. The van der Waals surface area contributed by atoms with Gasteiger partial charge in [0.15, 0.2) is 0 Å². The molecule has 1 aromatic carbocycles. The highest BCUT2D eigenvalue weighted by molar-refractivity contribution is 7.71. The van der Waals surface area contributed by atoms with Crippen LogP contribution in [0.4, 0.5) is 5.69 Å². The lowest BCUT2D eigenvalue weighted by atomic mass is 10.0. The van der Waals surface area contributed by atoms with Crippen molar-refractivity contribution in [2.45, 2.75) is 13.8 Å². The summed E-state index contributed by atoms with van der Waals surface area (Å²) in [5.74, 6) is 0. The first-order chi connectivity index (χ1) is 8.50. The van der Waals surface area contributed by atoms with Gasteiger partial charge in [0, 0.05) is 25.3 Å².